The number of methoxy groups -OCH3 is 1. The Hall–Kier alpha value is -6.05. The molecule has 3 aliphatic heterocycles. The monoisotopic (exact) mass is 903 g/mol. The lowest BCUT2D eigenvalue weighted by Crippen LogP contribution is -2.55. The number of carbonyl (C=O) groups excluding carboxylic acids is 5. The van der Waals surface area contributed by atoms with Crippen LogP contribution in [0.3, 0.4) is 0 Å². The number of morpholine rings is 1. The number of Topliss-reactive ketones (excluding diaryl/α,β-unsaturated/α-hetero) is 1. The number of hydrogen-bond donors (Lipinski definition) is 5. The molecule has 3 fully saturated rings. The Bertz CT molecular complexity index is 2660. The first-order valence-corrected chi connectivity index (χ1v) is 22.0. The van der Waals surface area contributed by atoms with Crippen molar-refractivity contribution >= 4 is 35.0 Å². The first-order valence-electron chi connectivity index (χ1n) is 22.0. The molecule has 5 N–H and O–H groups in total. The van der Waals surface area contributed by atoms with Crippen LogP contribution in [0.4, 0.5) is 10.5 Å². The molecule has 17 heteroatoms. The number of nitrogens with zero attached hydrogens (tertiary/aromatic N) is 1. The number of hydrogen-bond acceptors (Lipinski definition) is 15. The van der Waals surface area contributed by atoms with Gasteiger partial charge in [-0.15, -0.1) is 0 Å². The maximum Gasteiger partial charge on any atom is 0.407 e. The fourth-order valence-corrected chi connectivity index (χ4v) is 10.7. The number of carbonyl (C=O) groups is 5. The van der Waals surface area contributed by atoms with E-state index in [9.17, 15) is 39.3 Å². The van der Waals surface area contributed by atoms with Gasteiger partial charge in [-0.2, -0.15) is 0 Å². The van der Waals surface area contributed by atoms with Gasteiger partial charge in [-0.3, -0.25) is 24.1 Å². The van der Waals surface area contributed by atoms with E-state index in [1.807, 2.05) is 55.5 Å². The van der Waals surface area contributed by atoms with Gasteiger partial charge in [0.05, 0.1) is 41.2 Å². The molecule has 66 heavy (non-hydrogen) atoms. The molecule has 6 aliphatic rings. The number of aliphatic hydroxyl groups is 1. The third-order valence-electron chi connectivity index (χ3n) is 14.0. The lowest BCUT2D eigenvalue weighted by atomic mass is 9.72. The van der Waals surface area contributed by atoms with Crippen molar-refractivity contribution in [1.82, 2.24) is 10.2 Å². The number of fused-ring (bicyclic) bond motifs is 9. The first kappa shape index (κ1) is 43.8. The van der Waals surface area contributed by atoms with Gasteiger partial charge in [-0.25, -0.2) is 4.79 Å². The average molecular weight is 904 g/mol. The second-order valence-electron chi connectivity index (χ2n) is 17.8. The Morgan fingerprint density at radius 1 is 0.909 bits per heavy atom. The van der Waals surface area contributed by atoms with Crippen LogP contribution in [0.5, 0.6) is 11.5 Å². The van der Waals surface area contributed by atoms with Gasteiger partial charge in [0.15, 0.2) is 36.2 Å². The summed E-state index contributed by atoms with van der Waals surface area (Å²) in [7, 11) is 1.53. The summed E-state index contributed by atoms with van der Waals surface area (Å²) >= 11 is 0. The van der Waals surface area contributed by atoms with E-state index >= 15 is 0 Å². The molecule has 17 nitrogen and oxygen atoms in total. The molecule has 344 valence electrons. The summed E-state index contributed by atoms with van der Waals surface area (Å²) in [6, 6.07) is 18.6. The van der Waals surface area contributed by atoms with Crippen LogP contribution in [0.15, 0.2) is 66.7 Å². The highest BCUT2D eigenvalue weighted by atomic mass is 16.7. The summed E-state index contributed by atoms with van der Waals surface area (Å²) in [4.78, 5) is 70.9. The molecular formula is C49H49N3O14. The van der Waals surface area contributed by atoms with Crippen molar-refractivity contribution in [3.63, 3.8) is 0 Å². The molecule has 2 amide bonds. The van der Waals surface area contributed by atoms with Crippen LogP contribution in [0.1, 0.15) is 99.7 Å². The number of amides is 2. The van der Waals surface area contributed by atoms with Crippen molar-refractivity contribution in [2.75, 3.05) is 32.2 Å². The number of phenols is 2. The average Bonchev–Trinajstić information content (AvgIpc) is 3.84. The summed E-state index contributed by atoms with van der Waals surface area (Å²) in [6.45, 7) is 5.42. The van der Waals surface area contributed by atoms with Crippen molar-refractivity contribution in [2.24, 2.45) is 0 Å². The van der Waals surface area contributed by atoms with Gasteiger partial charge in [0, 0.05) is 61.6 Å². The number of anilines is 1. The molecule has 0 spiro atoms. The molecule has 4 aromatic rings. The van der Waals surface area contributed by atoms with Gasteiger partial charge in [-0.05, 0) is 49.1 Å². The van der Waals surface area contributed by atoms with Gasteiger partial charge in [-0.1, -0.05) is 60.7 Å². The van der Waals surface area contributed by atoms with Crippen LogP contribution in [0.2, 0.25) is 0 Å². The molecule has 9 atom stereocenters. The molecule has 0 radical (unpaired) electrons. The summed E-state index contributed by atoms with van der Waals surface area (Å²) in [5.74, 6) is -4.72. The number of alkyl carbamates (subject to hydrolysis) is 1. The number of aromatic hydroxyl groups is 2. The van der Waals surface area contributed by atoms with Crippen molar-refractivity contribution in [3.8, 4) is 22.6 Å². The highest BCUT2D eigenvalue weighted by molar-refractivity contribution is 6.32. The lowest BCUT2D eigenvalue weighted by Gasteiger charge is -2.43. The summed E-state index contributed by atoms with van der Waals surface area (Å²) in [6.07, 6.45) is -5.70. The highest BCUT2D eigenvalue weighted by Crippen LogP contribution is 2.53. The summed E-state index contributed by atoms with van der Waals surface area (Å²) in [5.41, 5.74) is 0.251. The topological polar surface area (TPSA) is 229 Å². The Kier molecular flexibility index (Phi) is 11.1. The summed E-state index contributed by atoms with van der Waals surface area (Å²) in [5, 5.41) is 41.0. The SMILES string of the molecule is CO[C@H]1OCCN2[C@@H]1O[C@@H]1[C@H](C)O[C@@H](O[C@H]3C[C@](O)(C(C)=O)Cc4c(O)c5c(c(O)c43)C(=O)c3c(NC(=O)C(C)NC(=O)OCC4c6ccccc6-c6ccccc64)cccc3C5=O)C[C@@H]12. The quantitative estimate of drug-likeness (QED) is 0.127. The Morgan fingerprint density at radius 2 is 1.59 bits per heavy atom. The fourth-order valence-electron chi connectivity index (χ4n) is 10.7. The molecule has 4 aromatic carbocycles. The van der Waals surface area contributed by atoms with E-state index in [-0.39, 0.29) is 65.5 Å². The Balaban J connectivity index is 0.896. The highest BCUT2D eigenvalue weighted by Gasteiger charge is 2.55. The van der Waals surface area contributed by atoms with E-state index in [0.717, 1.165) is 22.3 Å². The number of ether oxygens (including phenoxy) is 6. The van der Waals surface area contributed by atoms with Crippen LogP contribution >= 0.6 is 0 Å². The molecule has 0 saturated carbocycles. The van der Waals surface area contributed by atoms with Crippen molar-refractivity contribution in [3.05, 3.63) is 111 Å². The molecule has 3 heterocycles. The van der Waals surface area contributed by atoms with Crippen molar-refractivity contribution in [2.45, 2.75) is 101 Å². The van der Waals surface area contributed by atoms with Crippen molar-refractivity contribution < 1.29 is 67.7 Å². The second-order valence-corrected chi connectivity index (χ2v) is 17.8. The zero-order valence-electron chi connectivity index (χ0n) is 36.6. The maximum atomic E-state index is 14.7. The number of nitrogens with one attached hydrogen (secondary N) is 2. The van der Waals surface area contributed by atoms with Crippen LogP contribution in [-0.4, -0.2) is 125 Å². The van der Waals surface area contributed by atoms with Gasteiger partial charge >= 0.3 is 6.09 Å². The lowest BCUT2D eigenvalue weighted by molar-refractivity contribution is -0.256. The van der Waals surface area contributed by atoms with E-state index in [2.05, 4.69) is 15.5 Å². The normalized spacial score (nSPS) is 27.9. The minimum absolute atomic E-state index is 0.0171. The molecule has 0 aromatic heterocycles. The van der Waals surface area contributed by atoms with Crippen molar-refractivity contribution in [1.29, 1.82) is 0 Å². The predicted molar refractivity (Wildman–Crippen MR) is 232 cm³/mol. The fraction of sp³-hybridized carbons (Fsp3) is 0.408. The number of phenolic OH excluding ortho intramolecular Hbond substituents is 2. The van der Waals surface area contributed by atoms with E-state index < -0.39 is 101 Å². The molecule has 3 saturated heterocycles. The Labute approximate surface area is 378 Å². The van der Waals surface area contributed by atoms with Crippen LogP contribution in [0.25, 0.3) is 11.1 Å². The molecule has 0 bridgehead atoms. The van der Waals surface area contributed by atoms with E-state index in [0.29, 0.717) is 13.2 Å². The summed E-state index contributed by atoms with van der Waals surface area (Å²) < 4.78 is 36.0. The van der Waals surface area contributed by atoms with E-state index in [1.54, 1.807) is 0 Å². The van der Waals surface area contributed by atoms with E-state index in [1.165, 1.54) is 39.2 Å². The van der Waals surface area contributed by atoms with E-state index in [4.69, 9.17) is 28.4 Å². The molecule has 10 rings (SSSR count). The first-order chi connectivity index (χ1) is 31.7. The van der Waals surface area contributed by atoms with Gasteiger partial charge in [0.25, 0.3) is 0 Å². The third-order valence-corrected chi connectivity index (χ3v) is 14.0. The van der Waals surface area contributed by atoms with Crippen LogP contribution < -0.4 is 10.6 Å². The molecular weight excluding hydrogens is 855 g/mol. The minimum atomic E-state index is -2.09. The molecule has 3 aliphatic carbocycles. The third kappa shape index (κ3) is 7.08. The van der Waals surface area contributed by atoms with Gasteiger partial charge in [0.2, 0.25) is 5.91 Å². The van der Waals surface area contributed by atoms with Crippen LogP contribution in [-0.2, 0) is 44.4 Å². The number of ketones is 3. The zero-order chi connectivity index (χ0) is 46.3. The van der Waals surface area contributed by atoms with Gasteiger partial charge in [0.1, 0.15) is 35.9 Å². The zero-order valence-corrected chi connectivity index (χ0v) is 36.6. The predicted octanol–water partition coefficient (Wildman–Crippen LogP) is 4.60. The number of benzene rings is 4. The maximum absolute atomic E-state index is 14.7. The second kappa shape index (κ2) is 16.7. The largest absolute Gasteiger partial charge is 0.507 e. The van der Waals surface area contributed by atoms with Gasteiger partial charge < -0.3 is 54.4 Å². The standard InChI is InChI=1S/C49H49N3O14/c1-22(50-48(59)63-21-31-27-12-7-5-10-25(27)26-11-6-8-13-28(26)31)45(58)51-32-15-9-14-29-36(32)42(56)39-38(40(29)54)41(55)30-19-49(60,24(3)53)20-34(37(30)43(39)57)65-35-18-33-44(23(2)64-35)66-46-47(61-4)62-17-16-52(33)46/h5-15,22-23,31,33-35,44,46-47,55,57,60H,16-21H2,1-4H3,(H,50,59)(H,51,58)/t22?,23-,33-,34-,35-,44+,46+,47-,49-/m0/s1. The Morgan fingerprint density at radius 3 is 2.29 bits per heavy atom. The minimum Gasteiger partial charge on any atom is -0.507 e. The smallest absolute Gasteiger partial charge is 0.407 e. The van der Waals surface area contributed by atoms with Crippen LogP contribution in [0, 0.1) is 0 Å². The number of rotatable bonds is 9. The molecule has 1 unspecified atom stereocenters.